The highest BCUT2D eigenvalue weighted by Crippen LogP contribution is 2.36. The first-order valence-electron chi connectivity index (χ1n) is 24.1. The van der Waals surface area contributed by atoms with Crippen LogP contribution in [0, 0.1) is 0 Å². The van der Waals surface area contributed by atoms with Crippen molar-refractivity contribution in [1.82, 2.24) is 0 Å². The van der Waals surface area contributed by atoms with Crippen LogP contribution in [-0.2, 0) is 35.2 Å². The Morgan fingerprint density at radius 3 is 0.778 bits per heavy atom. The summed E-state index contributed by atoms with van der Waals surface area (Å²) in [4.78, 5) is 28.9. The Kier molecular flexibility index (Phi) is 33.0. The monoisotopic (exact) mass is 755 g/mol. The van der Waals surface area contributed by atoms with Crippen molar-refractivity contribution in [2.75, 3.05) is 13.2 Å². The van der Waals surface area contributed by atoms with Crippen molar-refractivity contribution >= 4 is 11.9 Å². The summed E-state index contributed by atoms with van der Waals surface area (Å²) >= 11 is 0. The molecule has 54 heavy (non-hydrogen) atoms. The number of unbranched alkanes of at least 4 members (excludes halogenated alkanes) is 24. The second-order valence-corrected chi connectivity index (χ2v) is 16.4. The number of esters is 2. The van der Waals surface area contributed by atoms with E-state index >= 15 is 0 Å². The molecule has 314 valence electrons. The van der Waals surface area contributed by atoms with Gasteiger partial charge in [0.15, 0.2) is 0 Å². The Morgan fingerprint density at radius 1 is 0.296 bits per heavy atom. The van der Waals surface area contributed by atoms with Crippen LogP contribution in [0.2, 0.25) is 0 Å². The van der Waals surface area contributed by atoms with Crippen LogP contribution in [0.1, 0.15) is 277 Å². The molecule has 0 N–H and O–H groups in total. The topological polar surface area (TPSA) is 52.6 Å². The van der Waals surface area contributed by atoms with Gasteiger partial charge in [-0.3, -0.25) is 0 Å². The summed E-state index contributed by atoms with van der Waals surface area (Å²) in [6, 6.07) is 0. The van der Waals surface area contributed by atoms with Crippen LogP contribution in [0.5, 0.6) is 0 Å². The highest BCUT2D eigenvalue weighted by atomic mass is 16.5. The molecule has 0 radical (unpaired) electrons. The fourth-order valence-electron chi connectivity index (χ4n) is 8.02. The van der Waals surface area contributed by atoms with Gasteiger partial charge in [0.2, 0.25) is 0 Å². The molecule has 0 unspecified atom stereocenters. The van der Waals surface area contributed by atoms with Crippen molar-refractivity contribution in [3.05, 3.63) is 33.4 Å². The third-order valence-electron chi connectivity index (χ3n) is 11.4. The number of rotatable bonds is 38. The van der Waals surface area contributed by atoms with Crippen LogP contribution < -0.4 is 0 Å². The molecule has 0 atom stereocenters. The maximum absolute atomic E-state index is 14.5. The van der Waals surface area contributed by atoms with Gasteiger partial charge in [-0.05, 0) is 86.5 Å². The van der Waals surface area contributed by atoms with Gasteiger partial charge in [-0.1, -0.05) is 196 Å². The molecule has 1 aromatic carbocycles. The van der Waals surface area contributed by atoms with E-state index in [2.05, 4.69) is 41.5 Å². The van der Waals surface area contributed by atoms with E-state index < -0.39 is 0 Å². The molecule has 0 saturated heterocycles. The molecular weight excluding hydrogens is 665 g/mol. The first-order valence-corrected chi connectivity index (χ1v) is 24.1. The van der Waals surface area contributed by atoms with Gasteiger partial charge >= 0.3 is 11.9 Å². The summed E-state index contributed by atoms with van der Waals surface area (Å²) in [5.41, 5.74) is 6.20. The lowest BCUT2D eigenvalue weighted by Crippen LogP contribution is -2.24. The summed E-state index contributed by atoms with van der Waals surface area (Å²) in [5, 5.41) is 0. The second kappa shape index (κ2) is 35.6. The number of hydrogen-bond acceptors (Lipinski definition) is 4. The van der Waals surface area contributed by atoms with E-state index in [1.54, 1.807) is 0 Å². The van der Waals surface area contributed by atoms with Crippen LogP contribution in [0.15, 0.2) is 0 Å². The van der Waals surface area contributed by atoms with Crippen molar-refractivity contribution in [2.45, 2.75) is 260 Å². The number of hydrogen-bond donors (Lipinski definition) is 0. The Balaban J connectivity index is 3.89. The van der Waals surface area contributed by atoms with E-state index in [4.69, 9.17) is 9.47 Å². The summed E-state index contributed by atoms with van der Waals surface area (Å²) in [7, 11) is 0. The molecular formula is C50H90O4. The normalized spacial score (nSPS) is 11.4. The molecule has 1 aromatic rings. The minimum Gasteiger partial charge on any atom is -0.462 e. The molecule has 0 saturated carbocycles. The first kappa shape index (κ1) is 50.2. The van der Waals surface area contributed by atoms with Crippen molar-refractivity contribution in [3.8, 4) is 0 Å². The third-order valence-corrected chi connectivity index (χ3v) is 11.4. The van der Waals surface area contributed by atoms with E-state index in [1.165, 1.54) is 140 Å². The molecule has 0 bridgehead atoms. The van der Waals surface area contributed by atoms with E-state index in [1.807, 2.05) is 0 Å². The lowest BCUT2D eigenvalue weighted by atomic mass is 9.79. The van der Waals surface area contributed by atoms with E-state index in [0.717, 1.165) is 101 Å². The number of carbonyl (C=O) groups is 2. The van der Waals surface area contributed by atoms with Gasteiger partial charge in [0.25, 0.3) is 0 Å². The highest BCUT2D eigenvalue weighted by Gasteiger charge is 2.32. The minimum atomic E-state index is -0.292. The Labute approximate surface area is 336 Å². The van der Waals surface area contributed by atoms with E-state index in [9.17, 15) is 9.59 Å². The van der Waals surface area contributed by atoms with Gasteiger partial charge in [0, 0.05) is 0 Å². The average Bonchev–Trinajstić information content (AvgIpc) is 3.17. The highest BCUT2D eigenvalue weighted by molar-refractivity contribution is 6.06. The summed E-state index contributed by atoms with van der Waals surface area (Å²) in [6.07, 6.45) is 39.4. The van der Waals surface area contributed by atoms with Gasteiger partial charge < -0.3 is 9.47 Å². The Bertz CT molecular complexity index is 1060. The Hall–Kier alpha value is -1.84. The quantitative estimate of drug-likeness (QED) is 0.0498. The molecule has 0 fully saturated rings. The largest absolute Gasteiger partial charge is 0.462 e. The molecule has 0 heterocycles. The van der Waals surface area contributed by atoms with Crippen LogP contribution in [0.3, 0.4) is 0 Å². The maximum Gasteiger partial charge on any atom is 0.339 e. The second-order valence-electron chi connectivity index (χ2n) is 16.4. The van der Waals surface area contributed by atoms with Crippen molar-refractivity contribution in [1.29, 1.82) is 0 Å². The predicted molar refractivity (Wildman–Crippen MR) is 234 cm³/mol. The molecule has 4 nitrogen and oxygen atoms in total. The molecule has 0 aliphatic carbocycles. The van der Waals surface area contributed by atoms with E-state index in [0.29, 0.717) is 24.3 Å². The number of carbonyl (C=O) groups excluding carboxylic acids is 2. The zero-order valence-corrected chi connectivity index (χ0v) is 37.1. The molecule has 0 aromatic heterocycles. The van der Waals surface area contributed by atoms with Crippen molar-refractivity contribution in [3.63, 3.8) is 0 Å². The fraction of sp³-hybridized carbons (Fsp3) is 0.840. The first-order chi connectivity index (χ1) is 26.5. The van der Waals surface area contributed by atoms with Gasteiger partial charge in [0.05, 0.1) is 24.3 Å². The lowest BCUT2D eigenvalue weighted by molar-refractivity contribution is 0.0449. The molecule has 4 heteroatoms. The third kappa shape index (κ3) is 22.0. The van der Waals surface area contributed by atoms with Crippen LogP contribution >= 0.6 is 0 Å². The molecule has 0 amide bonds. The average molecular weight is 755 g/mol. The molecule has 1 rings (SSSR count). The van der Waals surface area contributed by atoms with Crippen LogP contribution in [0.4, 0.5) is 0 Å². The molecule has 0 spiro atoms. The van der Waals surface area contributed by atoms with Gasteiger partial charge in [-0.15, -0.1) is 0 Å². The van der Waals surface area contributed by atoms with Gasteiger partial charge in [0.1, 0.15) is 0 Å². The fourth-order valence-corrected chi connectivity index (χ4v) is 8.02. The van der Waals surface area contributed by atoms with Gasteiger partial charge in [-0.2, -0.15) is 0 Å². The number of benzene rings is 1. The van der Waals surface area contributed by atoms with Crippen molar-refractivity contribution in [2.24, 2.45) is 0 Å². The zero-order valence-electron chi connectivity index (χ0n) is 37.1. The molecule has 0 aliphatic heterocycles. The SMILES string of the molecule is CCCCCCCCCc1c(CCCCCCCC)c(CCCCCCCC)c(C(=O)OCCCC)c(C(=O)OCCCC)c1CCCCCCCCC. The predicted octanol–water partition coefficient (Wildman–Crippen LogP) is 16.0. The van der Waals surface area contributed by atoms with Gasteiger partial charge in [-0.25, -0.2) is 9.59 Å². The summed E-state index contributed by atoms with van der Waals surface area (Å²) in [6.45, 7) is 14.2. The standard InChI is InChI=1S/C50H90O4/c1-7-13-19-23-27-31-34-38-44-43(37-33-29-25-21-15-9-3)45(39-35-30-26-22-16-10-4)47(49(51)53-41-17-11-5)48(50(52)54-42-18-12-6)46(44)40-36-32-28-24-20-14-8-2/h7-42H2,1-6H3. The Morgan fingerprint density at radius 2 is 0.519 bits per heavy atom. The summed E-state index contributed by atoms with van der Waals surface area (Å²) in [5.74, 6) is -0.584. The minimum absolute atomic E-state index is 0.292. The van der Waals surface area contributed by atoms with Crippen LogP contribution in [-0.4, -0.2) is 25.2 Å². The lowest BCUT2D eigenvalue weighted by Gasteiger charge is -2.26. The van der Waals surface area contributed by atoms with Crippen LogP contribution in [0.25, 0.3) is 0 Å². The number of ether oxygens (including phenoxy) is 2. The molecule has 0 aliphatic rings. The van der Waals surface area contributed by atoms with E-state index in [-0.39, 0.29) is 11.9 Å². The zero-order chi connectivity index (χ0) is 39.5. The van der Waals surface area contributed by atoms with Crippen molar-refractivity contribution < 1.29 is 19.1 Å². The smallest absolute Gasteiger partial charge is 0.339 e. The maximum atomic E-state index is 14.5. The summed E-state index contributed by atoms with van der Waals surface area (Å²) < 4.78 is 12.2.